The minimum Gasteiger partial charge on any atom is -0.344 e. The molecule has 0 spiro atoms. The molecule has 7 heavy (non-hydrogen) atoms. The third-order valence-electron chi connectivity index (χ3n) is 0. The van der Waals surface area contributed by atoms with E-state index in [1.807, 2.05) is 0 Å². The Balaban J connectivity index is 0. The third kappa shape index (κ3) is 462. The van der Waals surface area contributed by atoms with Gasteiger partial charge < -0.3 is 6.15 Å². The second-order valence-electron chi connectivity index (χ2n) is 0. The van der Waals surface area contributed by atoms with E-state index in [2.05, 4.69) is 0 Å². The number of hydrogen-bond donors (Lipinski definition) is 1. The number of halogens is 2. The normalized spacial score (nSPS) is 0. The van der Waals surface area contributed by atoms with Gasteiger partial charge in [-0.2, -0.15) is 0 Å². The zero-order valence-corrected chi connectivity index (χ0v) is 3.16. The van der Waals surface area contributed by atoms with Gasteiger partial charge in [0.25, 0.3) is 0 Å². The summed E-state index contributed by atoms with van der Waals surface area (Å²) in [7, 11) is 0. The maximum Gasteiger partial charge on any atom is -0.0776 e. The molecule has 0 saturated carbocycles. The van der Waals surface area contributed by atoms with Crippen LogP contribution in [0.4, 0.5) is 0 Å². The molecule has 3 heteroatoms. The van der Waals surface area contributed by atoms with Gasteiger partial charge in [0.1, 0.15) is 0 Å². The van der Waals surface area contributed by atoms with Gasteiger partial charge in [0, 0.05) is 0 Å². The lowest BCUT2D eigenvalue weighted by Gasteiger charge is -0.344. The molecule has 0 aromatic rings. The van der Waals surface area contributed by atoms with Gasteiger partial charge in [-0.3, -0.25) is 0 Å². The maximum absolute atomic E-state index is 0. The molecule has 1 nitrogen and oxygen atoms in total. The smallest absolute Gasteiger partial charge is 0.0776 e. The van der Waals surface area contributed by atoms with Gasteiger partial charge in [-0.1, -0.05) is 29.7 Å². The molecular formula is C4H21Cl2N. The Morgan fingerprint density at radius 1 is 0.429 bits per heavy atom. The molecule has 0 atom stereocenters. The highest BCUT2D eigenvalue weighted by molar-refractivity contribution is 5.85. The lowest BCUT2D eigenvalue weighted by atomic mass is 12.0. The van der Waals surface area contributed by atoms with Crippen LogP contribution in [0.2, 0.25) is 0 Å². The van der Waals surface area contributed by atoms with E-state index in [1.54, 1.807) is 0 Å². The van der Waals surface area contributed by atoms with Crippen molar-refractivity contribution in [2.24, 2.45) is 0 Å². The van der Waals surface area contributed by atoms with Gasteiger partial charge in [0.2, 0.25) is 0 Å². The first-order chi connectivity index (χ1) is 0. The van der Waals surface area contributed by atoms with E-state index in [1.165, 1.54) is 0 Å². The zero-order valence-electron chi connectivity index (χ0n) is 1.52. The first-order valence-corrected chi connectivity index (χ1v) is 0. The van der Waals surface area contributed by atoms with Crippen molar-refractivity contribution >= 4 is 24.8 Å². The van der Waals surface area contributed by atoms with E-state index < -0.39 is 0 Å². The predicted octanol–water partition coefficient (Wildman–Crippen LogP) is 3.55. The first-order valence-electron chi connectivity index (χ1n) is 0. The van der Waals surface area contributed by atoms with Crippen LogP contribution in [0.1, 0.15) is 29.7 Å². The molecule has 0 radical (unpaired) electrons. The molecule has 0 amide bonds. The Bertz CT molecular complexity index is 9.65. The van der Waals surface area contributed by atoms with Crippen LogP contribution in [0.3, 0.4) is 0 Å². The van der Waals surface area contributed by atoms with Crippen molar-refractivity contribution in [3.8, 4) is 0 Å². The predicted molar refractivity (Wildman–Crippen MR) is 46.4 cm³/mol. The molecule has 0 bridgehead atoms. The van der Waals surface area contributed by atoms with Crippen LogP contribution in [0.5, 0.6) is 0 Å². The molecule has 3 N–H and O–H groups in total. The van der Waals surface area contributed by atoms with E-state index in [4.69, 9.17) is 0 Å². The number of hydrogen-bond acceptors (Lipinski definition) is 1. The van der Waals surface area contributed by atoms with Gasteiger partial charge >= 0.3 is 0 Å². The molecular weight excluding hydrogens is 133 g/mol. The first kappa shape index (κ1) is 1110. The van der Waals surface area contributed by atoms with Crippen molar-refractivity contribution in [2.45, 2.75) is 29.7 Å². The molecule has 0 aromatic heterocycles. The fourth-order valence-electron chi connectivity index (χ4n) is 0. The highest BCUT2D eigenvalue weighted by atomic mass is 35.5. The average Bonchev–Trinajstić information content (AvgIpc) is 0. The monoisotopic (exact) mass is 153 g/mol. The maximum atomic E-state index is 0. The van der Waals surface area contributed by atoms with Crippen molar-refractivity contribution in [2.75, 3.05) is 0 Å². The van der Waals surface area contributed by atoms with Crippen LogP contribution in [0, 0.1) is 0 Å². The van der Waals surface area contributed by atoms with E-state index >= 15 is 0 Å². The minimum atomic E-state index is 0. The molecule has 0 fully saturated rings. The molecule has 0 heterocycles. The fraction of sp³-hybridized carbons (Fsp3) is 1.00. The van der Waals surface area contributed by atoms with Crippen molar-refractivity contribution < 1.29 is 0 Å². The quantitative estimate of drug-likeness (QED) is 0.568. The summed E-state index contributed by atoms with van der Waals surface area (Å²) in [6, 6.07) is 0. The summed E-state index contributed by atoms with van der Waals surface area (Å²) in [6.45, 7) is 0. The van der Waals surface area contributed by atoms with Gasteiger partial charge in [-0.25, -0.2) is 0 Å². The second-order valence-corrected chi connectivity index (χ2v) is 0. The summed E-state index contributed by atoms with van der Waals surface area (Å²) in [6.07, 6.45) is 0. The summed E-state index contributed by atoms with van der Waals surface area (Å²) in [5.41, 5.74) is 0. The van der Waals surface area contributed by atoms with Gasteiger partial charge in [-0.15, -0.1) is 24.8 Å². The van der Waals surface area contributed by atoms with Gasteiger partial charge in [0.05, 0.1) is 0 Å². The van der Waals surface area contributed by atoms with Crippen molar-refractivity contribution in [1.29, 1.82) is 0 Å². The summed E-state index contributed by atoms with van der Waals surface area (Å²) < 4.78 is 0. The lowest BCUT2D eigenvalue weighted by Crippen LogP contribution is -0.481. The van der Waals surface area contributed by atoms with E-state index in [-0.39, 0.29) is 60.7 Å². The molecule has 0 aliphatic rings. The minimum absolute atomic E-state index is 0. The molecule has 0 unspecified atom stereocenters. The van der Waals surface area contributed by atoms with Crippen LogP contribution < -0.4 is 6.15 Å². The Labute approximate surface area is 61.3 Å². The Hall–Kier alpha value is 0.540. The van der Waals surface area contributed by atoms with Crippen LogP contribution in [-0.4, -0.2) is 0 Å². The lowest BCUT2D eigenvalue weighted by molar-refractivity contribution is 2.13. The topological polar surface area (TPSA) is 35.0 Å². The average molecular weight is 154 g/mol. The van der Waals surface area contributed by atoms with Crippen LogP contribution in [0.15, 0.2) is 0 Å². The fourth-order valence-corrected chi connectivity index (χ4v) is 0. The molecule has 0 aliphatic heterocycles. The van der Waals surface area contributed by atoms with Crippen molar-refractivity contribution in [3.63, 3.8) is 0 Å². The summed E-state index contributed by atoms with van der Waals surface area (Å²) in [5, 5.41) is 0. The Morgan fingerprint density at radius 3 is 0.429 bits per heavy atom. The molecule has 56 valence electrons. The largest absolute Gasteiger partial charge is 0.344 e. The Morgan fingerprint density at radius 2 is 0.429 bits per heavy atom. The van der Waals surface area contributed by atoms with Crippen LogP contribution >= 0.6 is 24.8 Å². The standard InChI is InChI=1S/4CH4.2ClH.H3N/h4*1H4;2*1H;1H3. The van der Waals surface area contributed by atoms with E-state index in [9.17, 15) is 0 Å². The highest BCUT2D eigenvalue weighted by Gasteiger charge is -0.0744. The Kier molecular flexibility index (Phi) is 109000. The molecule has 0 aliphatic carbocycles. The molecule has 0 saturated heterocycles. The number of rotatable bonds is 0. The summed E-state index contributed by atoms with van der Waals surface area (Å²) in [5.74, 6) is 0. The van der Waals surface area contributed by atoms with Crippen LogP contribution in [0.25, 0.3) is 0 Å². The second kappa shape index (κ2) is 688. The van der Waals surface area contributed by atoms with Crippen molar-refractivity contribution in [1.82, 2.24) is 6.15 Å². The third-order valence-corrected chi connectivity index (χ3v) is 0. The SMILES string of the molecule is C.C.C.C.Cl.Cl.N. The van der Waals surface area contributed by atoms with E-state index in [0.717, 1.165) is 0 Å². The van der Waals surface area contributed by atoms with Crippen LogP contribution in [-0.2, 0) is 0 Å². The van der Waals surface area contributed by atoms with E-state index in [0.29, 0.717) is 0 Å². The molecule has 0 rings (SSSR count). The summed E-state index contributed by atoms with van der Waals surface area (Å²) >= 11 is 0. The highest BCUT2D eigenvalue weighted by Crippen LogP contribution is 0.691. The van der Waals surface area contributed by atoms with Gasteiger partial charge in [0.15, 0.2) is 0 Å². The van der Waals surface area contributed by atoms with Crippen molar-refractivity contribution in [3.05, 3.63) is 0 Å². The van der Waals surface area contributed by atoms with Gasteiger partial charge in [-0.05, 0) is 0 Å². The summed E-state index contributed by atoms with van der Waals surface area (Å²) in [4.78, 5) is 0. The molecule has 0 aromatic carbocycles. The zero-order chi connectivity index (χ0) is 0.